The van der Waals surface area contributed by atoms with Gasteiger partial charge in [-0.25, -0.2) is 52.0 Å². The van der Waals surface area contributed by atoms with Gasteiger partial charge in [-0.1, -0.05) is 0 Å². The summed E-state index contributed by atoms with van der Waals surface area (Å²) < 4.78 is 234. The van der Waals surface area contributed by atoms with Gasteiger partial charge in [0.05, 0.1) is 15.9 Å². The van der Waals surface area contributed by atoms with Gasteiger partial charge in [0.2, 0.25) is 0 Å². The Morgan fingerprint density at radius 3 is 1.71 bits per heavy atom. The summed E-state index contributed by atoms with van der Waals surface area (Å²) in [6, 6.07) is 0. The molecule has 19 heteroatoms. The molecule has 6 rings (SSSR count). The summed E-state index contributed by atoms with van der Waals surface area (Å²) in [6.07, 6.45) is -14.7. The third-order valence-electron chi connectivity index (χ3n) is 8.34. The highest BCUT2D eigenvalue weighted by Gasteiger charge is 2.73. The summed E-state index contributed by atoms with van der Waals surface area (Å²) in [5.41, 5.74) is -10.2. The van der Waals surface area contributed by atoms with Crippen molar-refractivity contribution in [1.29, 1.82) is 0 Å². The smallest absolute Gasteiger partial charge is 0.244 e. The molecule has 0 amide bonds. The Bertz CT molecular complexity index is 1680. The first-order valence-electron chi connectivity index (χ1n) is 11.9. The first-order chi connectivity index (χ1) is 18.9. The molecule has 1 aromatic carbocycles. The van der Waals surface area contributed by atoms with Crippen LogP contribution in [0.2, 0.25) is 0 Å². The minimum atomic E-state index is -7.92. The standard InChI is InChI=1S/C23H15F13O4S2/c24-12-9-10(15(27)18(30)17(29)14(9)26)13(25)16(28)11(12)19(42(39,40)23(35,36)22(32,33)34)41(37,38)21-4-7-1-8(5-21)3-20(31,2-7)6-21/h7-8,12H,1-6H2. The highest BCUT2D eigenvalue weighted by Crippen LogP contribution is 2.64. The third-order valence-corrected chi connectivity index (χ3v) is 13.6. The van der Waals surface area contributed by atoms with Crippen molar-refractivity contribution in [3.8, 4) is 0 Å². The fourth-order valence-corrected chi connectivity index (χ4v) is 12.3. The van der Waals surface area contributed by atoms with Gasteiger partial charge in [-0.2, -0.15) is 22.0 Å². The molecule has 4 bridgehead atoms. The van der Waals surface area contributed by atoms with Crippen LogP contribution in [0.15, 0.2) is 15.6 Å². The number of halogens is 13. The lowest BCUT2D eigenvalue weighted by Crippen LogP contribution is -2.61. The fourth-order valence-electron chi connectivity index (χ4n) is 7.06. The Hall–Kier alpha value is -2.31. The average Bonchev–Trinajstić information content (AvgIpc) is 2.83. The van der Waals surface area contributed by atoms with Gasteiger partial charge < -0.3 is 0 Å². The maximum atomic E-state index is 15.7. The number of fused-ring (bicyclic) bond motifs is 1. The maximum absolute atomic E-state index is 15.7. The molecule has 3 atom stereocenters. The van der Waals surface area contributed by atoms with Crippen LogP contribution >= 0.6 is 0 Å². The molecule has 4 saturated carbocycles. The predicted molar refractivity (Wildman–Crippen MR) is 116 cm³/mol. The van der Waals surface area contributed by atoms with Gasteiger partial charge in [-0.3, -0.25) is 0 Å². The molecule has 5 aliphatic carbocycles. The van der Waals surface area contributed by atoms with E-state index in [1.165, 1.54) is 0 Å². The van der Waals surface area contributed by atoms with E-state index >= 15 is 13.2 Å². The first kappa shape index (κ1) is 31.1. The van der Waals surface area contributed by atoms with Crippen LogP contribution in [0.25, 0.3) is 5.83 Å². The lowest BCUT2D eigenvalue weighted by molar-refractivity contribution is -0.241. The van der Waals surface area contributed by atoms with Crippen molar-refractivity contribution in [2.45, 2.75) is 66.5 Å². The van der Waals surface area contributed by atoms with Crippen molar-refractivity contribution in [2.75, 3.05) is 0 Å². The number of allylic oxidation sites excluding steroid dienone is 2. The second kappa shape index (κ2) is 8.88. The Labute approximate surface area is 228 Å². The Morgan fingerprint density at radius 1 is 0.738 bits per heavy atom. The van der Waals surface area contributed by atoms with E-state index in [4.69, 9.17) is 0 Å². The van der Waals surface area contributed by atoms with Crippen LogP contribution in [0, 0.1) is 35.1 Å². The Morgan fingerprint density at radius 2 is 1.24 bits per heavy atom. The second-order valence-corrected chi connectivity index (χ2v) is 15.5. The number of hydrogen-bond donors (Lipinski definition) is 0. The molecule has 0 saturated heterocycles. The molecule has 42 heavy (non-hydrogen) atoms. The van der Waals surface area contributed by atoms with Crippen molar-refractivity contribution < 1.29 is 73.9 Å². The topological polar surface area (TPSA) is 68.3 Å². The summed E-state index contributed by atoms with van der Waals surface area (Å²) in [4.78, 5) is 0. The predicted octanol–water partition coefficient (Wildman–Crippen LogP) is 7.13. The van der Waals surface area contributed by atoms with E-state index in [1.807, 2.05) is 0 Å². The van der Waals surface area contributed by atoms with E-state index in [-0.39, 0.29) is 19.3 Å². The van der Waals surface area contributed by atoms with E-state index in [2.05, 4.69) is 0 Å². The maximum Gasteiger partial charge on any atom is 0.469 e. The van der Waals surface area contributed by atoms with Crippen molar-refractivity contribution in [3.05, 3.63) is 50.0 Å². The van der Waals surface area contributed by atoms with Gasteiger partial charge in [0.15, 0.2) is 55.2 Å². The van der Waals surface area contributed by atoms with Crippen molar-refractivity contribution in [1.82, 2.24) is 0 Å². The largest absolute Gasteiger partial charge is 0.469 e. The SMILES string of the molecule is O=S(=O)(C(=C1C(F)=C(F)c2c(F)c(F)c(F)c(F)c2C1F)S(=O)(=O)C(F)(F)C(F)(F)F)C12CC3CC(CC(F)(C3)C1)C2. The number of rotatable bonds is 4. The van der Waals surface area contributed by atoms with E-state index in [0.29, 0.717) is 0 Å². The van der Waals surface area contributed by atoms with Crippen LogP contribution in [0.5, 0.6) is 0 Å². The van der Waals surface area contributed by atoms with Crippen LogP contribution in [0.1, 0.15) is 55.8 Å². The summed E-state index contributed by atoms with van der Waals surface area (Å²) in [5, 5.41) is -7.15. The number of alkyl halides is 7. The van der Waals surface area contributed by atoms with Crippen LogP contribution in [-0.4, -0.2) is 38.7 Å². The monoisotopic (exact) mass is 666 g/mol. The first-order valence-corrected chi connectivity index (χ1v) is 14.8. The van der Waals surface area contributed by atoms with Gasteiger partial charge in [0, 0.05) is 12.0 Å². The lowest BCUT2D eigenvalue weighted by Gasteiger charge is -2.58. The number of benzene rings is 1. The molecule has 234 valence electrons. The molecule has 4 nitrogen and oxygen atoms in total. The van der Waals surface area contributed by atoms with E-state index in [0.717, 1.165) is 0 Å². The summed E-state index contributed by atoms with van der Waals surface area (Å²) >= 11 is 0. The Balaban J connectivity index is 1.92. The highest BCUT2D eigenvalue weighted by molar-refractivity contribution is 8.15. The molecule has 3 unspecified atom stereocenters. The molecule has 0 N–H and O–H groups in total. The molecule has 0 heterocycles. The average molecular weight is 666 g/mol. The lowest BCUT2D eigenvalue weighted by atomic mass is 9.54. The van der Waals surface area contributed by atoms with Crippen LogP contribution in [0.3, 0.4) is 0 Å². The zero-order valence-electron chi connectivity index (χ0n) is 20.3. The quantitative estimate of drug-likeness (QED) is 0.195. The molecule has 5 aliphatic rings. The molecule has 0 aliphatic heterocycles. The van der Waals surface area contributed by atoms with E-state index in [1.54, 1.807) is 0 Å². The van der Waals surface area contributed by atoms with Crippen LogP contribution in [0.4, 0.5) is 57.1 Å². The minimum absolute atomic E-state index is 0.137. The summed E-state index contributed by atoms with van der Waals surface area (Å²) in [6.45, 7) is 0. The van der Waals surface area contributed by atoms with Crippen molar-refractivity contribution in [2.24, 2.45) is 11.8 Å². The third kappa shape index (κ3) is 3.86. The molecular formula is C23H15F13O4S2. The zero-order valence-corrected chi connectivity index (χ0v) is 22.0. The van der Waals surface area contributed by atoms with Crippen molar-refractivity contribution in [3.63, 3.8) is 0 Å². The molecule has 0 radical (unpaired) electrons. The van der Waals surface area contributed by atoms with E-state index in [9.17, 15) is 60.7 Å². The molecule has 0 spiro atoms. The molecule has 0 aromatic heterocycles. The summed E-state index contributed by atoms with van der Waals surface area (Å²) in [7, 11) is -14.4. The van der Waals surface area contributed by atoms with Gasteiger partial charge in [0.1, 0.15) is 5.67 Å². The fraction of sp³-hybridized carbons (Fsp3) is 0.565. The van der Waals surface area contributed by atoms with Crippen LogP contribution < -0.4 is 0 Å². The van der Waals surface area contributed by atoms with E-state index < -0.39 is 135 Å². The molecule has 4 fully saturated rings. The number of hydrogen-bond acceptors (Lipinski definition) is 4. The number of sulfone groups is 2. The van der Waals surface area contributed by atoms with Gasteiger partial charge in [0.25, 0.3) is 9.84 Å². The Kier molecular flexibility index (Phi) is 6.58. The summed E-state index contributed by atoms with van der Waals surface area (Å²) in [5.74, 6) is -19.5. The minimum Gasteiger partial charge on any atom is -0.244 e. The van der Waals surface area contributed by atoms with Crippen molar-refractivity contribution >= 4 is 25.5 Å². The normalized spacial score (nSPS) is 32.8. The molecule has 1 aromatic rings. The van der Waals surface area contributed by atoms with Gasteiger partial charge in [-0.05, 0) is 43.9 Å². The van der Waals surface area contributed by atoms with Crippen LogP contribution in [-0.2, 0) is 19.7 Å². The van der Waals surface area contributed by atoms with Gasteiger partial charge in [-0.15, -0.1) is 0 Å². The van der Waals surface area contributed by atoms with Gasteiger partial charge >= 0.3 is 11.4 Å². The zero-order chi connectivity index (χ0) is 31.7. The highest BCUT2D eigenvalue weighted by atomic mass is 32.3. The molecular weight excluding hydrogens is 651 g/mol. The second-order valence-electron chi connectivity index (χ2n) is 11.1.